The zero-order chi connectivity index (χ0) is 24.5. The topological polar surface area (TPSA) is 92.2 Å². The van der Waals surface area contributed by atoms with E-state index < -0.39 is 34.6 Å². The number of nitrogens with zero attached hydrogens (tertiary/aromatic N) is 1. The molecule has 0 atom stereocenters. The number of halogens is 4. The zero-order valence-electron chi connectivity index (χ0n) is 17.5. The number of nitrogens with one attached hydrogen (secondary N) is 2. The Morgan fingerprint density at radius 1 is 1.09 bits per heavy atom. The summed E-state index contributed by atoms with van der Waals surface area (Å²) in [6.07, 6.45) is 0.852. The van der Waals surface area contributed by atoms with Crippen LogP contribution in [0.5, 0.6) is 0 Å². The van der Waals surface area contributed by atoms with E-state index >= 15 is 4.39 Å². The minimum atomic E-state index is -1.43. The molecule has 0 bridgehead atoms. The van der Waals surface area contributed by atoms with Crippen molar-refractivity contribution in [1.82, 2.24) is 5.48 Å². The Balaban J connectivity index is 1.92. The highest BCUT2D eigenvalue weighted by atomic mass is 127. The molecule has 0 aliphatic heterocycles. The molecule has 0 spiro atoms. The summed E-state index contributed by atoms with van der Waals surface area (Å²) in [6, 6.07) is 14.0. The minimum absolute atomic E-state index is 0.0219. The van der Waals surface area contributed by atoms with Gasteiger partial charge in [-0.05, 0) is 52.4 Å². The van der Waals surface area contributed by atoms with Crippen LogP contribution in [0.4, 0.5) is 24.5 Å². The van der Waals surface area contributed by atoms with E-state index in [2.05, 4.69) is 20.8 Å². The van der Waals surface area contributed by atoms with Crippen molar-refractivity contribution in [3.8, 4) is 0 Å². The molecule has 3 aromatic carbocycles. The fourth-order valence-corrected chi connectivity index (χ4v) is 3.22. The van der Waals surface area contributed by atoms with E-state index in [0.29, 0.717) is 3.57 Å². The van der Waals surface area contributed by atoms with Crippen molar-refractivity contribution < 1.29 is 32.7 Å². The normalized spacial score (nSPS) is 11.0. The van der Waals surface area contributed by atoms with Gasteiger partial charge in [-0.25, -0.2) is 18.7 Å². The summed E-state index contributed by atoms with van der Waals surface area (Å²) < 4.78 is 44.6. The molecule has 0 saturated heterocycles. The molecule has 0 radical (unpaired) electrons. The average molecular weight is 585 g/mol. The van der Waals surface area contributed by atoms with E-state index in [1.54, 1.807) is 30.3 Å². The number of hydrogen-bond acceptors (Lipinski definition) is 6. The Hall–Kier alpha value is -3.16. The number of benzene rings is 3. The Labute approximate surface area is 206 Å². The molecule has 0 heterocycles. The molecule has 0 aliphatic carbocycles. The maximum Gasteiger partial charge on any atom is 0.277 e. The maximum absolute atomic E-state index is 15.0. The number of aliphatic hydroxyl groups is 1. The molecule has 0 fully saturated rings. The van der Waals surface area contributed by atoms with Crippen LogP contribution >= 0.6 is 22.6 Å². The van der Waals surface area contributed by atoms with Crippen LogP contribution in [0.1, 0.15) is 21.5 Å². The van der Waals surface area contributed by atoms with Gasteiger partial charge in [0.05, 0.1) is 36.4 Å². The number of oxime groups is 1. The molecule has 3 rings (SSSR count). The van der Waals surface area contributed by atoms with Crippen molar-refractivity contribution in [2.75, 3.05) is 18.5 Å². The highest BCUT2D eigenvalue weighted by Crippen LogP contribution is 2.30. The Kier molecular flexibility index (Phi) is 9.24. The van der Waals surface area contributed by atoms with Gasteiger partial charge in [0.2, 0.25) is 0 Å². The van der Waals surface area contributed by atoms with Crippen molar-refractivity contribution in [3.05, 3.63) is 92.3 Å². The first kappa shape index (κ1) is 25.5. The number of hydroxylamine groups is 1. The lowest BCUT2D eigenvalue weighted by atomic mass is 10.1. The first-order valence-corrected chi connectivity index (χ1v) is 10.9. The van der Waals surface area contributed by atoms with Gasteiger partial charge in [-0.2, -0.15) is 0 Å². The lowest BCUT2D eigenvalue weighted by molar-refractivity contribution is 0.0234. The lowest BCUT2D eigenvalue weighted by Gasteiger charge is -2.16. The Bertz CT molecular complexity index is 1180. The SMILES string of the molecule is O=C(NOCc1ccccc1)c1cc(/C=N/OCCO)c(F)c(F)c1Nc1ccc(I)cc1F. The number of anilines is 2. The van der Waals surface area contributed by atoms with Crippen LogP contribution in [-0.4, -0.2) is 30.4 Å². The van der Waals surface area contributed by atoms with Crippen LogP contribution in [0.25, 0.3) is 0 Å². The third kappa shape index (κ3) is 6.68. The number of carbonyl (C=O) groups excluding carboxylic acids is 1. The predicted octanol–water partition coefficient (Wildman–Crippen LogP) is 4.66. The second kappa shape index (κ2) is 12.3. The molecule has 0 saturated carbocycles. The molecule has 0 aromatic heterocycles. The second-order valence-electron chi connectivity index (χ2n) is 6.76. The van der Waals surface area contributed by atoms with Gasteiger partial charge in [0.1, 0.15) is 12.4 Å². The summed E-state index contributed by atoms with van der Waals surface area (Å²) in [4.78, 5) is 22.7. The largest absolute Gasteiger partial charge is 0.393 e. The quantitative estimate of drug-likeness (QED) is 0.140. The summed E-state index contributed by atoms with van der Waals surface area (Å²) in [5, 5.41) is 14.6. The summed E-state index contributed by atoms with van der Waals surface area (Å²) in [5.74, 6) is -4.40. The Morgan fingerprint density at radius 2 is 1.85 bits per heavy atom. The smallest absolute Gasteiger partial charge is 0.277 e. The predicted molar refractivity (Wildman–Crippen MR) is 128 cm³/mol. The van der Waals surface area contributed by atoms with E-state index in [9.17, 15) is 13.6 Å². The van der Waals surface area contributed by atoms with Crippen molar-refractivity contribution in [2.24, 2.45) is 5.16 Å². The van der Waals surface area contributed by atoms with Crippen molar-refractivity contribution in [2.45, 2.75) is 6.61 Å². The number of aliphatic hydroxyl groups excluding tert-OH is 1. The van der Waals surface area contributed by atoms with Crippen LogP contribution in [0.2, 0.25) is 0 Å². The standard InChI is InChI=1S/C23H19F3IN3O4/c24-18-11-16(27)6-7-19(18)29-22-17(23(32)30-34-13-14-4-2-1-3-5-14)10-15(20(25)21(22)26)12-28-33-9-8-31/h1-7,10-12,29,31H,8-9,13H2,(H,30,32)/b28-12+. The van der Waals surface area contributed by atoms with Gasteiger partial charge in [0.15, 0.2) is 11.6 Å². The van der Waals surface area contributed by atoms with Crippen molar-refractivity contribution >= 4 is 46.1 Å². The summed E-state index contributed by atoms with van der Waals surface area (Å²) in [6.45, 7) is -0.466. The highest BCUT2D eigenvalue weighted by Gasteiger charge is 2.23. The van der Waals surface area contributed by atoms with Crippen LogP contribution in [0.3, 0.4) is 0 Å². The molecule has 3 N–H and O–H groups in total. The second-order valence-corrected chi connectivity index (χ2v) is 8.01. The molecular weight excluding hydrogens is 566 g/mol. The third-order valence-corrected chi connectivity index (χ3v) is 5.04. The molecule has 178 valence electrons. The number of carbonyl (C=O) groups is 1. The number of rotatable bonds is 10. The number of hydrogen-bond donors (Lipinski definition) is 3. The van der Waals surface area contributed by atoms with Crippen molar-refractivity contribution in [1.29, 1.82) is 0 Å². The van der Waals surface area contributed by atoms with E-state index in [-0.39, 0.29) is 31.1 Å². The average Bonchev–Trinajstić information content (AvgIpc) is 2.83. The Morgan fingerprint density at radius 3 is 2.56 bits per heavy atom. The molecule has 3 aromatic rings. The first-order valence-electron chi connectivity index (χ1n) is 9.87. The van der Waals surface area contributed by atoms with Gasteiger partial charge in [-0.15, -0.1) is 0 Å². The van der Waals surface area contributed by atoms with E-state index in [4.69, 9.17) is 9.94 Å². The van der Waals surface area contributed by atoms with Gasteiger partial charge < -0.3 is 15.3 Å². The molecule has 11 heteroatoms. The fourth-order valence-electron chi connectivity index (χ4n) is 2.77. The lowest BCUT2D eigenvalue weighted by Crippen LogP contribution is -2.25. The molecule has 0 aliphatic rings. The summed E-state index contributed by atoms with van der Waals surface area (Å²) in [7, 11) is 0. The summed E-state index contributed by atoms with van der Waals surface area (Å²) >= 11 is 1.90. The summed E-state index contributed by atoms with van der Waals surface area (Å²) in [5.41, 5.74) is 1.42. The maximum atomic E-state index is 15.0. The van der Waals surface area contributed by atoms with E-state index in [1.807, 2.05) is 28.7 Å². The van der Waals surface area contributed by atoms with E-state index in [0.717, 1.165) is 17.8 Å². The zero-order valence-corrected chi connectivity index (χ0v) is 19.7. The fraction of sp³-hybridized carbons (Fsp3) is 0.130. The van der Waals surface area contributed by atoms with Gasteiger partial charge in [-0.1, -0.05) is 35.5 Å². The minimum Gasteiger partial charge on any atom is -0.393 e. The van der Waals surface area contributed by atoms with Crippen molar-refractivity contribution in [3.63, 3.8) is 0 Å². The molecule has 7 nitrogen and oxygen atoms in total. The van der Waals surface area contributed by atoms with Crippen LogP contribution in [-0.2, 0) is 16.3 Å². The van der Waals surface area contributed by atoms with Crippen LogP contribution in [0.15, 0.2) is 59.8 Å². The monoisotopic (exact) mass is 585 g/mol. The molecule has 34 heavy (non-hydrogen) atoms. The molecular formula is C23H19F3IN3O4. The highest BCUT2D eigenvalue weighted by molar-refractivity contribution is 14.1. The van der Waals surface area contributed by atoms with Crippen LogP contribution < -0.4 is 10.8 Å². The van der Waals surface area contributed by atoms with Gasteiger partial charge in [0.25, 0.3) is 5.91 Å². The van der Waals surface area contributed by atoms with Gasteiger partial charge in [-0.3, -0.25) is 9.63 Å². The van der Waals surface area contributed by atoms with Crippen LogP contribution in [0, 0.1) is 21.0 Å². The molecule has 1 amide bonds. The third-order valence-electron chi connectivity index (χ3n) is 4.37. The first-order chi connectivity index (χ1) is 16.4. The number of amides is 1. The van der Waals surface area contributed by atoms with Gasteiger partial charge in [0, 0.05) is 9.13 Å². The molecule has 0 unspecified atom stereocenters. The van der Waals surface area contributed by atoms with E-state index in [1.165, 1.54) is 12.1 Å². The van der Waals surface area contributed by atoms with Gasteiger partial charge >= 0.3 is 0 Å².